The Morgan fingerprint density at radius 2 is 2.21 bits per heavy atom. The lowest BCUT2D eigenvalue weighted by Crippen LogP contribution is -2.18. The molecule has 0 spiro atoms. The maximum atomic E-state index is 13.2. The summed E-state index contributed by atoms with van der Waals surface area (Å²) < 4.78 is 18.3. The third-order valence-corrected chi connectivity index (χ3v) is 2.10. The summed E-state index contributed by atoms with van der Waals surface area (Å²) in [5.74, 6) is -0.223. The molecule has 0 radical (unpaired) electrons. The molecule has 2 nitrogen and oxygen atoms in total. The molecule has 1 atom stereocenters. The Morgan fingerprint density at radius 3 is 2.86 bits per heavy atom. The lowest BCUT2D eigenvalue weighted by atomic mass is 10.2. The number of methoxy groups -OCH3 is 1. The highest BCUT2D eigenvalue weighted by Gasteiger charge is 2.03. The third kappa shape index (κ3) is 3.00. The van der Waals surface area contributed by atoms with Crippen LogP contribution in [-0.4, -0.2) is 19.8 Å². The van der Waals surface area contributed by atoms with Crippen molar-refractivity contribution in [1.29, 1.82) is 0 Å². The molecule has 1 aromatic rings. The zero-order valence-corrected chi connectivity index (χ0v) is 8.80. The molecule has 3 heteroatoms. The lowest BCUT2D eigenvalue weighted by molar-refractivity contribution is 0.128. The van der Waals surface area contributed by atoms with Gasteiger partial charge in [-0.15, -0.1) is 0 Å². The van der Waals surface area contributed by atoms with Crippen LogP contribution in [-0.2, 0) is 4.74 Å². The van der Waals surface area contributed by atoms with Crippen molar-refractivity contribution in [2.75, 3.05) is 19.0 Å². The van der Waals surface area contributed by atoms with Crippen molar-refractivity contribution in [2.24, 2.45) is 0 Å². The molecule has 0 aliphatic heterocycles. The van der Waals surface area contributed by atoms with E-state index in [1.807, 2.05) is 13.8 Å². The number of halogens is 1. The lowest BCUT2D eigenvalue weighted by Gasteiger charge is -2.12. The van der Waals surface area contributed by atoms with E-state index in [2.05, 4.69) is 5.32 Å². The van der Waals surface area contributed by atoms with Crippen molar-refractivity contribution in [3.8, 4) is 0 Å². The van der Waals surface area contributed by atoms with Gasteiger partial charge >= 0.3 is 0 Å². The quantitative estimate of drug-likeness (QED) is 0.801. The number of hydrogen-bond acceptors (Lipinski definition) is 2. The van der Waals surface area contributed by atoms with Crippen LogP contribution in [0.4, 0.5) is 10.1 Å². The van der Waals surface area contributed by atoms with Crippen LogP contribution in [0.25, 0.3) is 0 Å². The number of aryl methyl sites for hydroxylation is 1. The van der Waals surface area contributed by atoms with Crippen LogP contribution in [0.1, 0.15) is 12.5 Å². The second kappa shape index (κ2) is 4.96. The molecule has 0 aliphatic rings. The number of hydrogen-bond donors (Lipinski definition) is 1. The SMILES string of the molecule is COC(C)CNc1cc(C)ccc1F. The first-order valence-corrected chi connectivity index (χ1v) is 4.66. The summed E-state index contributed by atoms with van der Waals surface area (Å²) in [6, 6.07) is 5.01. The van der Waals surface area contributed by atoms with Gasteiger partial charge < -0.3 is 10.1 Å². The van der Waals surface area contributed by atoms with Gasteiger partial charge in [-0.1, -0.05) is 6.07 Å². The molecule has 0 aromatic heterocycles. The van der Waals surface area contributed by atoms with Gasteiger partial charge in [-0.2, -0.15) is 0 Å². The minimum absolute atomic E-state index is 0.0786. The van der Waals surface area contributed by atoms with E-state index in [1.165, 1.54) is 6.07 Å². The first-order chi connectivity index (χ1) is 6.63. The summed E-state index contributed by atoms with van der Waals surface area (Å²) in [4.78, 5) is 0. The average Bonchev–Trinajstić information content (AvgIpc) is 2.19. The minimum Gasteiger partial charge on any atom is -0.380 e. The molecule has 0 bridgehead atoms. The first-order valence-electron chi connectivity index (χ1n) is 4.66. The molecule has 0 heterocycles. The monoisotopic (exact) mass is 197 g/mol. The van der Waals surface area contributed by atoms with E-state index < -0.39 is 0 Å². The van der Waals surface area contributed by atoms with Gasteiger partial charge in [0, 0.05) is 13.7 Å². The summed E-state index contributed by atoms with van der Waals surface area (Å²) in [5, 5.41) is 3.00. The Kier molecular flexibility index (Phi) is 3.89. The highest BCUT2D eigenvalue weighted by atomic mass is 19.1. The molecule has 1 N–H and O–H groups in total. The van der Waals surface area contributed by atoms with Crippen LogP contribution in [0, 0.1) is 12.7 Å². The van der Waals surface area contributed by atoms with Gasteiger partial charge in [0.05, 0.1) is 11.8 Å². The summed E-state index contributed by atoms with van der Waals surface area (Å²) >= 11 is 0. The van der Waals surface area contributed by atoms with Crippen LogP contribution in [0.3, 0.4) is 0 Å². The van der Waals surface area contributed by atoms with E-state index in [4.69, 9.17) is 4.74 Å². The van der Waals surface area contributed by atoms with E-state index in [-0.39, 0.29) is 11.9 Å². The first kappa shape index (κ1) is 11.0. The van der Waals surface area contributed by atoms with Crippen molar-refractivity contribution in [2.45, 2.75) is 20.0 Å². The summed E-state index contributed by atoms with van der Waals surface area (Å²) in [6.45, 7) is 4.47. The average molecular weight is 197 g/mol. The molecule has 0 saturated carbocycles. The number of benzene rings is 1. The zero-order valence-electron chi connectivity index (χ0n) is 8.80. The fourth-order valence-electron chi connectivity index (χ4n) is 1.11. The van der Waals surface area contributed by atoms with Gasteiger partial charge in [0.25, 0.3) is 0 Å². The molecule has 0 amide bonds. The van der Waals surface area contributed by atoms with Crippen molar-refractivity contribution in [3.05, 3.63) is 29.6 Å². The molecule has 0 saturated heterocycles. The Hall–Kier alpha value is -1.09. The van der Waals surface area contributed by atoms with Crippen molar-refractivity contribution in [3.63, 3.8) is 0 Å². The van der Waals surface area contributed by atoms with Gasteiger partial charge in [0.1, 0.15) is 5.82 Å². The molecule has 1 rings (SSSR count). The molecule has 14 heavy (non-hydrogen) atoms. The minimum atomic E-state index is -0.223. The fraction of sp³-hybridized carbons (Fsp3) is 0.455. The number of rotatable bonds is 4. The Morgan fingerprint density at radius 1 is 1.50 bits per heavy atom. The maximum Gasteiger partial charge on any atom is 0.146 e. The zero-order chi connectivity index (χ0) is 10.6. The van der Waals surface area contributed by atoms with Crippen LogP contribution in [0.15, 0.2) is 18.2 Å². The van der Waals surface area contributed by atoms with Crippen LogP contribution in [0.5, 0.6) is 0 Å². The number of anilines is 1. The van der Waals surface area contributed by atoms with Gasteiger partial charge in [0.2, 0.25) is 0 Å². The topological polar surface area (TPSA) is 21.3 Å². The third-order valence-electron chi connectivity index (χ3n) is 2.10. The predicted molar refractivity (Wildman–Crippen MR) is 56.1 cm³/mol. The van der Waals surface area contributed by atoms with Gasteiger partial charge in [-0.05, 0) is 31.5 Å². The van der Waals surface area contributed by atoms with Gasteiger partial charge in [-0.25, -0.2) is 4.39 Å². The van der Waals surface area contributed by atoms with E-state index in [9.17, 15) is 4.39 Å². The van der Waals surface area contributed by atoms with Gasteiger partial charge in [-0.3, -0.25) is 0 Å². The smallest absolute Gasteiger partial charge is 0.146 e. The second-order valence-corrected chi connectivity index (χ2v) is 3.41. The van der Waals surface area contributed by atoms with Crippen LogP contribution in [0.2, 0.25) is 0 Å². The largest absolute Gasteiger partial charge is 0.380 e. The Labute approximate surface area is 84.1 Å². The summed E-state index contributed by atoms with van der Waals surface area (Å²) in [7, 11) is 1.64. The van der Waals surface area contributed by atoms with Crippen molar-refractivity contribution < 1.29 is 9.13 Å². The molecule has 1 unspecified atom stereocenters. The van der Waals surface area contributed by atoms with Crippen molar-refractivity contribution >= 4 is 5.69 Å². The summed E-state index contributed by atoms with van der Waals surface area (Å²) in [6.07, 6.45) is 0.0786. The Balaban J connectivity index is 2.62. The van der Waals surface area contributed by atoms with Crippen LogP contribution >= 0.6 is 0 Å². The maximum absolute atomic E-state index is 13.2. The highest BCUT2D eigenvalue weighted by Crippen LogP contribution is 2.15. The van der Waals surface area contributed by atoms with Gasteiger partial charge in [0.15, 0.2) is 0 Å². The molecule has 1 aromatic carbocycles. The molecular formula is C11H16FNO. The van der Waals surface area contributed by atoms with Crippen molar-refractivity contribution in [1.82, 2.24) is 0 Å². The van der Waals surface area contributed by atoms with Crippen LogP contribution < -0.4 is 5.32 Å². The second-order valence-electron chi connectivity index (χ2n) is 3.41. The molecule has 78 valence electrons. The standard InChI is InChI=1S/C11H16FNO/c1-8-4-5-10(12)11(6-8)13-7-9(2)14-3/h4-6,9,13H,7H2,1-3H3. The normalized spacial score (nSPS) is 12.6. The number of ether oxygens (including phenoxy) is 1. The molecule has 0 aliphatic carbocycles. The summed E-state index contributed by atoms with van der Waals surface area (Å²) in [5.41, 5.74) is 1.58. The highest BCUT2D eigenvalue weighted by molar-refractivity contribution is 5.47. The fourth-order valence-corrected chi connectivity index (χ4v) is 1.11. The molecule has 0 fully saturated rings. The van der Waals surface area contributed by atoms with E-state index >= 15 is 0 Å². The van der Waals surface area contributed by atoms with E-state index in [0.717, 1.165) is 5.56 Å². The predicted octanol–water partition coefficient (Wildman–Crippen LogP) is 2.58. The van der Waals surface area contributed by atoms with E-state index in [0.29, 0.717) is 12.2 Å². The number of nitrogens with one attached hydrogen (secondary N) is 1. The molecular weight excluding hydrogens is 181 g/mol. The Bertz CT molecular complexity index is 301. The van der Waals surface area contributed by atoms with E-state index in [1.54, 1.807) is 19.2 Å².